The third-order valence-corrected chi connectivity index (χ3v) is 4.65. The Balaban J connectivity index is 1.34. The zero-order chi connectivity index (χ0) is 21.2. The molecule has 0 radical (unpaired) electrons. The second-order valence-corrected chi connectivity index (χ2v) is 6.66. The lowest BCUT2D eigenvalue weighted by Gasteiger charge is -2.35. The Morgan fingerprint density at radius 2 is 1.87 bits per heavy atom. The molecule has 2 heterocycles. The summed E-state index contributed by atoms with van der Waals surface area (Å²) >= 11 is 0. The average molecular weight is 408 g/mol. The predicted molar refractivity (Wildman–Crippen MR) is 112 cm³/mol. The third kappa shape index (κ3) is 6.10. The first-order valence-electron chi connectivity index (χ1n) is 9.74. The minimum absolute atomic E-state index is 0.0231. The van der Waals surface area contributed by atoms with Crippen LogP contribution in [0.5, 0.6) is 5.75 Å². The highest BCUT2D eigenvalue weighted by Crippen LogP contribution is 2.15. The van der Waals surface area contributed by atoms with Gasteiger partial charge in [0.05, 0.1) is 0 Å². The molecule has 0 bridgehead atoms. The molecule has 3 amide bonds. The fourth-order valence-corrected chi connectivity index (χ4v) is 3.09. The number of pyridine rings is 1. The van der Waals surface area contributed by atoms with Gasteiger partial charge in [-0.1, -0.05) is 6.07 Å². The van der Waals surface area contributed by atoms with Crippen molar-refractivity contribution in [3.05, 3.63) is 48.7 Å². The van der Waals surface area contributed by atoms with Gasteiger partial charge >= 0.3 is 6.03 Å². The van der Waals surface area contributed by atoms with Crippen LogP contribution in [0.4, 0.5) is 16.3 Å². The van der Waals surface area contributed by atoms with E-state index in [1.165, 1.54) is 0 Å². The van der Waals surface area contributed by atoms with Crippen molar-refractivity contribution in [3.63, 3.8) is 0 Å². The van der Waals surface area contributed by atoms with Gasteiger partial charge in [0.15, 0.2) is 6.61 Å². The summed E-state index contributed by atoms with van der Waals surface area (Å²) in [5, 5.41) is 13.9. The number of anilines is 2. The summed E-state index contributed by atoms with van der Waals surface area (Å²) in [6.45, 7) is 2.99. The zero-order valence-electron chi connectivity index (χ0n) is 16.6. The van der Waals surface area contributed by atoms with E-state index in [1.54, 1.807) is 30.5 Å². The molecule has 1 saturated heterocycles. The molecule has 1 fully saturated rings. The quantitative estimate of drug-likeness (QED) is 0.723. The summed E-state index contributed by atoms with van der Waals surface area (Å²) in [6, 6.07) is 14.0. The summed E-state index contributed by atoms with van der Waals surface area (Å²) in [5.74, 6) is 1.50. The maximum absolute atomic E-state index is 12.4. The lowest BCUT2D eigenvalue weighted by atomic mass is 10.2. The Kier molecular flexibility index (Phi) is 7.44. The number of carbonyl (C=O) groups excluding carboxylic acids is 2. The van der Waals surface area contributed by atoms with Crippen molar-refractivity contribution in [2.75, 3.05) is 49.5 Å². The summed E-state index contributed by atoms with van der Waals surface area (Å²) in [4.78, 5) is 32.7. The lowest BCUT2D eigenvalue weighted by Crippen LogP contribution is -2.49. The molecule has 1 aromatic heterocycles. The topological polar surface area (TPSA) is 111 Å². The van der Waals surface area contributed by atoms with Gasteiger partial charge in [-0.15, -0.1) is 0 Å². The number of carbonyl (C=O) groups is 2. The molecule has 1 aromatic carbocycles. The number of benzene rings is 1. The van der Waals surface area contributed by atoms with Gasteiger partial charge in [0.25, 0.3) is 0 Å². The van der Waals surface area contributed by atoms with Crippen LogP contribution in [0.3, 0.4) is 0 Å². The molecule has 3 rings (SSSR count). The Morgan fingerprint density at radius 3 is 2.53 bits per heavy atom. The van der Waals surface area contributed by atoms with Crippen LogP contribution in [-0.2, 0) is 4.79 Å². The molecule has 0 atom stereocenters. The summed E-state index contributed by atoms with van der Waals surface area (Å²) in [7, 11) is 0. The van der Waals surface area contributed by atoms with Crippen molar-refractivity contribution in [2.45, 2.75) is 6.42 Å². The van der Waals surface area contributed by atoms with Crippen LogP contribution >= 0.6 is 0 Å². The van der Waals surface area contributed by atoms with Crippen molar-refractivity contribution < 1.29 is 14.3 Å². The van der Waals surface area contributed by atoms with E-state index >= 15 is 0 Å². The number of nitrogens with zero attached hydrogens (tertiary/aromatic N) is 4. The number of hydrogen-bond acceptors (Lipinski definition) is 6. The van der Waals surface area contributed by atoms with Crippen LogP contribution in [0.15, 0.2) is 48.7 Å². The molecular formula is C21H24N6O3. The SMILES string of the molecule is N#CCOc1ccc(NC(=O)NCCC(=O)N2CCN(c3ccccn3)CC2)cc1. The molecule has 2 N–H and O–H groups in total. The molecule has 0 unspecified atom stereocenters. The van der Waals surface area contributed by atoms with Gasteiger partial charge in [0.2, 0.25) is 5.91 Å². The molecule has 1 aliphatic heterocycles. The monoisotopic (exact) mass is 408 g/mol. The standard InChI is InChI=1S/C21H24N6O3/c22-9-16-30-18-6-4-17(5-7-18)25-21(29)24-11-8-20(28)27-14-12-26(13-15-27)19-3-1-2-10-23-19/h1-7,10H,8,11-16H2,(H2,24,25,29). The van der Waals surface area contributed by atoms with Gasteiger partial charge in [-0.25, -0.2) is 9.78 Å². The number of ether oxygens (including phenoxy) is 1. The lowest BCUT2D eigenvalue weighted by molar-refractivity contribution is -0.131. The largest absolute Gasteiger partial charge is 0.479 e. The molecule has 156 valence electrons. The third-order valence-electron chi connectivity index (χ3n) is 4.65. The Bertz CT molecular complexity index is 874. The van der Waals surface area contributed by atoms with E-state index in [0.717, 1.165) is 18.9 Å². The maximum Gasteiger partial charge on any atom is 0.319 e. The second kappa shape index (κ2) is 10.7. The van der Waals surface area contributed by atoms with Crippen LogP contribution in [0.25, 0.3) is 0 Å². The number of nitriles is 1. The fourth-order valence-electron chi connectivity index (χ4n) is 3.09. The van der Waals surface area contributed by atoms with Crippen molar-refractivity contribution >= 4 is 23.4 Å². The van der Waals surface area contributed by atoms with Gasteiger partial charge in [-0.3, -0.25) is 4.79 Å². The molecule has 0 aliphatic carbocycles. The van der Waals surface area contributed by atoms with Crippen molar-refractivity contribution in [1.29, 1.82) is 5.26 Å². The van der Waals surface area contributed by atoms with E-state index in [4.69, 9.17) is 10.00 Å². The molecule has 9 nitrogen and oxygen atoms in total. The fraction of sp³-hybridized carbons (Fsp3) is 0.333. The Labute approximate surface area is 175 Å². The summed E-state index contributed by atoms with van der Waals surface area (Å²) < 4.78 is 5.16. The van der Waals surface area contributed by atoms with E-state index in [1.807, 2.05) is 29.2 Å². The first-order valence-corrected chi connectivity index (χ1v) is 9.74. The molecular weight excluding hydrogens is 384 g/mol. The highest BCUT2D eigenvalue weighted by atomic mass is 16.5. The smallest absolute Gasteiger partial charge is 0.319 e. The molecule has 1 aliphatic rings. The normalized spacial score (nSPS) is 13.3. The van der Waals surface area contributed by atoms with E-state index in [2.05, 4.69) is 20.5 Å². The number of rotatable bonds is 7. The number of piperazine rings is 1. The Morgan fingerprint density at radius 1 is 1.10 bits per heavy atom. The number of urea groups is 1. The van der Waals surface area contributed by atoms with Crippen LogP contribution in [-0.4, -0.2) is 61.2 Å². The minimum Gasteiger partial charge on any atom is -0.479 e. The summed E-state index contributed by atoms with van der Waals surface area (Å²) in [5.41, 5.74) is 0.591. The number of hydrogen-bond donors (Lipinski definition) is 2. The van der Waals surface area contributed by atoms with Crippen molar-refractivity contribution in [3.8, 4) is 11.8 Å². The van der Waals surface area contributed by atoms with Crippen LogP contribution in [0, 0.1) is 11.3 Å². The van der Waals surface area contributed by atoms with E-state index in [0.29, 0.717) is 24.5 Å². The number of aromatic nitrogens is 1. The number of nitrogens with one attached hydrogen (secondary N) is 2. The van der Waals surface area contributed by atoms with Crippen LogP contribution in [0.1, 0.15) is 6.42 Å². The second-order valence-electron chi connectivity index (χ2n) is 6.66. The molecule has 9 heteroatoms. The Hall–Kier alpha value is -3.80. The van der Waals surface area contributed by atoms with Crippen molar-refractivity contribution in [2.24, 2.45) is 0 Å². The van der Waals surface area contributed by atoms with Crippen LogP contribution in [0.2, 0.25) is 0 Å². The average Bonchev–Trinajstić information content (AvgIpc) is 2.79. The van der Waals surface area contributed by atoms with Gasteiger partial charge in [-0.05, 0) is 36.4 Å². The van der Waals surface area contributed by atoms with E-state index < -0.39 is 0 Å². The molecule has 0 saturated carbocycles. The summed E-state index contributed by atoms with van der Waals surface area (Å²) in [6.07, 6.45) is 2.01. The van der Waals surface area contributed by atoms with E-state index in [-0.39, 0.29) is 31.5 Å². The first-order chi connectivity index (χ1) is 14.7. The number of amides is 3. The zero-order valence-corrected chi connectivity index (χ0v) is 16.6. The molecule has 2 aromatic rings. The van der Waals surface area contributed by atoms with E-state index in [9.17, 15) is 9.59 Å². The minimum atomic E-state index is -0.381. The predicted octanol–water partition coefficient (Wildman–Crippen LogP) is 1.84. The van der Waals surface area contributed by atoms with Gasteiger partial charge in [-0.2, -0.15) is 5.26 Å². The van der Waals surface area contributed by atoms with Gasteiger partial charge in [0.1, 0.15) is 17.6 Å². The molecule has 0 spiro atoms. The molecule has 30 heavy (non-hydrogen) atoms. The highest BCUT2D eigenvalue weighted by molar-refractivity contribution is 5.89. The first kappa shape index (κ1) is 20.9. The van der Waals surface area contributed by atoms with Crippen molar-refractivity contribution in [1.82, 2.24) is 15.2 Å². The van der Waals surface area contributed by atoms with Gasteiger partial charge < -0.3 is 25.2 Å². The van der Waals surface area contributed by atoms with Gasteiger partial charge in [0, 0.05) is 51.0 Å². The maximum atomic E-state index is 12.4. The van der Waals surface area contributed by atoms with Crippen LogP contribution < -0.4 is 20.3 Å². The highest BCUT2D eigenvalue weighted by Gasteiger charge is 2.21.